The van der Waals surface area contributed by atoms with Gasteiger partial charge in [-0.15, -0.1) is 0 Å². The van der Waals surface area contributed by atoms with Gasteiger partial charge >= 0.3 is 11.8 Å². The van der Waals surface area contributed by atoms with Gasteiger partial charge in [-0.05, 0) is 50.2 Å². The van der Waals surface area contributed by atoms with Crippen LogP contribution in [0.25, 0.3) is 0 Å². The summed E-state index contributed by atoms with van der Waals surface area (Å²) in [5, 5.41) is 9.09. The summed E-state index contributed by atoms with van der Waals surface area (Å²) in [6.07, 6.45) is -0.787. The van der Waals surface area contributed by atoms with Crippen LogP contribution < -0.4 is 0 Å². The van der Waals surface area contributed by atoms with Crippen LogP contribution in [0.15, 0.2) is 12.1 Å². The first-order valence-corrected chi connectivity index (χ1v) is 7.89. The maximum atomic E-state index is 14.6. The van der Waals surface area contributed by atoms with Crippen molar-refractivity contribution in [2.24, 2.45) is 10.8 Å². The van der Waals surface area contributed by atoms with Gasteiger partial charge in [-0.2, -0.15) is 22.0 Å². The summed E-state index contributed by atoms with van der Waals surface area (Å²) in [7, 11) is 0. The highest BCUT2D eigenvalue weighted by Gasteiger charge is 2.79. The second-order valence-electron chi connectivity index (χ2n) is 7.36. The highest BCUT2D eigenvalue weighted by molar-refractivity contribution is 5.30. The first kappa shape index (κ1) is 17.4. The van der Waals surface area contributed by atoms with E-state index in [0.29, 0.717) is 0 Å². The quantitative estimate of drug-likeness (QED) is 0.717. The van der Waals surface area contributed by atoms with E-state index in [-0.39, 0.29) is 44.1 Å². The zero-order chi connectivity index (χ0) is 18.0. The lowest BCUT2D eigenvalue weighted by atomic mass is 9.49. The van der Waals surface area contributed by atoms with Gasteiger partial charge in [-0.25, -0.2) is 4.39 Å². The zero-order valence-corrected chi connectivity index (χ0v) is 13.1. The SMILES string of the molecule is CC12CCC(CCc3ccc(O)c(F)c3F)(CC1)C(F)(F)C2(F)F. The van der Waals surface area contributed by atoms with Crippen molar-refractivity contribution in [1.29, 1.82) is 0 Å². The molecule has 0 saturated heterocycles. The van der Waals surface area contributed by atoms with Crippen molar-refractivity contribution in [3.63, 3.8) is 0 Å². The molecule has 3 saturated carbocycles. The van der Waals surface area contributed by atoms with Crippen molar-refractivity contribution in [1.82, 2.24) is 0 Å². The summed E-state index contributed by atoms with van der Waals surface area (Å²) >= 11 is 0. The second-order valence-corrected chi connectivity index (χ2v) is 7.36. The number of aryl methyl sites for hydroxylation is 1. The molecule has 0 aromatic heterocycles. The van der Waals surface area contributed by atoms with Crippen molar-refractivity contribution in [3.05, 3.63) is 29.3 Å². The third-order valence-electron chi connectivity index (χ3n) is 6.14. The summed E-state index contributed by atoms with van der Waals surface area (Å²) in [5.74, 6) is -12.0. The summed E-state index contributed by atoms with van der Waals surface area (Å²) in [6.45, 7) is 1.19. The van der Waals surface area contributed by atoms with Crippen LogP contribution in [0.4, 0.5) is 26.3 Å². The molecule has 4 rings (SSSR count). The Labute approximate surface area is 135 Å². The van der Waals surface area contributed by atoms with Gasteiger partial charge in [-0.1, -0.05) is 13.0 Å². The number of halogens is 6. The molecule has 0 amide bonds. The fourth-order valence-corrected chi connectivity index (χ4v) is 4.17. The van der Waals surface area contributed by atoms with Gasteiger partial charge in [0.05, 0.1) is 0 Å². The van der Waals surface area contributed by atoms with Crippen LogP contribution in [0.5, 0.6) is 5.75 Å². The molecule has 0 radical (unpaired) electrons. The second kappa shape index (κ2) is 5.05. The Morgan fingerprint density at radius 2 is 1.50 bits per heavy atom. The largest absolute Gasteiger partial charge is 0.505 e. The van der Waals surface area contributed by atoms with E-state index in [1.165, 1.54) is 6.92 Å². The Hall–Kier alpha value is -1.40. The molecule has 0 heterocycles. The number of phenols is 1. The molecule has 1 aromatic rings. The summed E-state index contributed by atoms with van der Waals surface area (Å²) < 4.78 is 84.9. The number of aromatic hydroxyl groups is 1. The molecule has 2 bridgehead atoms. The van der Waals surface area contributed by atoms with E-state index >= 15 is 0 Å². The monoisotopic (exact) mass is 352 g/mol. The van der Waals surface area contributed by atoms with Gasteiger partial charge in [0.1, 0.15) is 0 Å². The predicted molar refractivity (Wildman–Crippen MR) is 75.2 cm³/mol. The molecular weight excluding hydrogens is 334 g/mol. The van der Waals surface area contributed by atoms with Crippen molar-refractivity contribution in [2.45, 2.75) is 57.3 Å². The fraction of sp³-hybridized carbons (Fsp3) is 0.647. The average Bonchev–Trinajstić information content (AvgIpc) is 2.52. The van der Waals surface area contributed by atoms with Crippen molar-refractivity contribution in [3.8, 4) is 5.75 Å². The zero-order valence-electron chi connectivity index (χ0n) is 13.1. The number of hydrogen-bond acceptors (Lipinski definition) is 1. The maximum Gasteiger partial charge on any atom is 0.316 e. The van der Waals surface area contributed by atoms with Gasteiger partial charge < -0.3 is 5.11 Å². The van der Waals surface area contributed by atoms with Gasteiger partial charge in [0, 0.05) is 10.8 Å². The number of hydrogen-bond donors (Lipinski definition) is 1. The molecule has 24 heavy (non-hydrogen) atoms. The molecule has 1 N–H and O–H groups in total. The molecule has 3 aliphatic rings. The van der Waals surface area contributed by atoms with E-state index < -0.39 is 40.1 Å². The maximum absolute atomic E-state index is 14.6. The lowest BCUT2D eigenvalue weighted by molar-refractivity contribution is -0.364. The van der Waals surface area contributed by atoms with Crippen LogP contribution in [0, 0.1) is 22.5 Å². The van der Waals surface area contributed by atoms with Gasteiger partial charge in [0.25, 0.3) is 0 Å². The number of phenolic OH excluding ortho intramolecular Hbond substituents is 1. The molecule has 134 valence electrons. The number of fused-ring (bicyclic) bond motifs is 3. The Balaban J connectivity index is 1.89. The topological polar surface area (TPSA) is 20.2 Å². The molecule has 0 spiro atoms. The van der Waals surface area contributed by atoms with Gasteiger partial charge in [0.2, 0.25) is 5.82 Å². The minimum Gasteiger partial charge on any atom is -0.505 e. The smallest absolute Gasteiger partial charge is 0.316 e. The van der Waals surface area contributed by atoms with E-state index in [2.05, 4.69) is 0 Å². The third kappa shape index (κ3) is 2.02. The van der Waals surface area contributed by atoms with E-state index in [0.717, 1.165) is 12.1 Å². The molecule has 1 nitrogen and oxygen atoms in total. The molecule has 3 fully saturated rings. The van der Waals surface area contributed by atoms with E-state index in [1.54, 1.807) is 0 Å². The first-order valence-electron chi connectivity index (χ1n) is 7.89. The normalized spacial score (nSPS) is 33.6. The van der Waals surface area contributed by atoms with Gasteiger partial charge in [0.15, 0.2) is 11.6 Å². The molecular formula is C17H18F6O. The Kier molecular flexibility index (Phi) is 3.67. The van der Waals surface area contributed by atoms with Crippen molar-refractivity contribution < 1.29 is 31.4 Å². The lowest BCUT2D eigenvalue weighted by Crippen LogP contribution is -2.68. The summed E-state index contributed by atoms with van der Waals surface area (Å²) in [6, 6.07) is 2.02. The minimum absolute atomic E-state index is 0.0119. The standard InChI is InChI=1S/C17H18F6O/c1-14-6-8-15(9-7-14,17(22,23)16(14,20)21)5-4-10-2-3-11(24)13(19)12(10)18/h2-3,24H,4-9H2,1H3. The summed E-state index contributed by atoms with van der Waals surface area (Å²) in [5.41, 5.74) is -3.82. The number of benzene rings is 1. The Bertz CT molecular complexity index is 661. The third-order valence-corrected chi connectivity index (χ3v) is 6.14. The summed E-state index contributed by atoms with van der Waals surface area (Å²) in [4.78, 5) is 0. The highest BCUT2D eigenvalue weighted by Crippen LogP contribution is 2.71. The van der Waals surface area contributed by atoms with Crippen LogP contribution in [0.3, 0.4) is 0 Å². The molecule has 0 atom stereocenters. The molecule has 0 unspecified atom stereocenters. The molecule has 0 aliphatic heterocycles. The van der Waals surface area contributed by atoms with Crippen molar-refractivity contribution >= 4 is 0 Å². The Morgan fingerprint density at radius 3 is 2.08 bits per heavy atom. The number of alkyl halides is 4. The van der Waals surface area contributed by atoms with Crippen LogP contribution in [-0.2, 0) is 6.42 Å². The van der Waals surface area contributed by atoms with Crippen LogP contribution in [-0.4, -0.2) is 17.0 Å². The van der Waals surface area contributed by atoms with Crippen LogP contribution in [0.1, 0.15) is 44.6 Å². The average molecular weight is 352 g/mol. The molecule has 1 aromatic carbocycles. The Morgan fingerprint density at radius 1 is 0.917 bits per heavy atom. The van der Waals surface area contributed by atoms with Gasteiger partial charge in [-0.3, -0.25) is 0 Å². The minimum atomic E-state index is -4.18. The van der Waals surface area contributed by atoms with E-state index in [1.807, 2.05) is 0 Å². The molecule has 3 aliphatic carbocycles. The fourth-order valence-electron chi connectivity index (χ4n) is 4.17. The molecule has 7 heteroatoms. The van der Waals surface area contributed by atoms with Crippen molar-refractivity contribution in [2.75, 3.05) is 0 Å². The van der Waals surface area contributed by atoms with E-state index in [9.17, 15) is 26.3 Å². The highest BCUT2D eigenvalue weighted by atomic mass is 19.3. The van der Waals surface area contributed by atoms with Crippen LogP contribution in [0.2, 0.25) is 0 Å². The number of rotatable bonds is 3. The predicted octanol–water partition coefficient (Wildman–Crippen LogP) is 5.45. The lowest BCUT2D eigenvalue weighted by Gasteiger charge is -2.60. The van der Waals surface area contributed by atoms with E-state index in [4.69, 9.17) is 5.11 Å². The first-order chi connectivity index (χ1) is 11.0. The van der Waals surface area contributed by atoms with Crippen LogP contribution >= 0.6 is 0 Å².